The van der Waals surface area contributed by atoms with Crippen molar-refractivity contribution in [2.75, 3.05) is 25.0 Å². The number of urea groups is 1. The van der Waals surface area contributed by atoms with E-state index in [2.05, 4.69) is 15.5 Å². The number of piperidine rings is 1. The van der Waals surface area contributed by atoms with Crippen molar-refractivity contribution in [3.63, 3.8) is 0 Å². The summed E-state index contributed by atoms with van der Waals surface area (Å²) in [4.78, 5) is 57.6. The van der Waals surface area contributed by atoms with Gasteiger partial charge in [-0.1, -0.05) is 37.0 Å². The molecule has 10 nitrogen and oxygen atoms in total. The Hall–Kier alpha value is -3.63. The van der Waals surface area contributed by atoms with Crippen molar-refractivity contribution in [1.82, 2.24) is 25.3 Å². The van der Waals surface area contributed by atoms with Gasteiger partial charge in [0, 0.05) is 36.2 Å². The Morgan fingerprint density at radius 2 is 1.79 bits per heavy atom. The van der Waals surface area contributed by atoms with E-state index in [1.807, 2.05) is 26.0 Å². The van der Waals surface area contributed by atoms with Gasteiger partial charge in [-0.2, -0.15) is 5.10 Å². The monoisotopic (exact) mass is 570 g/mol. The number of carbonyl (C=O) groups is 4. The Balaban J connectivity index is 1.36. The molecule has 2 fully saturated rings. The lowest BCUT2D eigenvalue weighted by atomic mass is 9.85. The number of imide groups is 1. The first-order valence-corrected chi connectivity index (χ1v) is 13.4. The second kappa shape index (κ2) is 10.2. The minimum Gasteiger partial charge on any atom is -0.341 e. The van der Waals surface area contributed by atoms with Crippen molar-refractivity contribution in [3.05, 3.63) is 58.2 Å². The third-order valence-corrected chi connectivity index (χ3v) is 8.15. The predicted molar refractivity (Wildman–Crippen MR) is 148 cm³/mol. The van der Waals surface area contributed by atoms with Crippen LogP contribution in [-0.2, 0) is 9.59 Å². The Morgan fingerprint density at radius 3 is 2.49 bits per heavy atom. The van der Waals surface area contributed by atoms with E-state index >= 15 is 0 Å². The third kappa shape index (κ3) is 4.61. The van der Waals surface area contributed by atoms with Crippen molar-refractivity contribution in [3.8, 4) is 0 Å². The average molecular weight is 571 g/mol. The van der Waals surface area contributed by atoms with Crippen LogP contribution in [0.1, 0.15) is 37.0 Å². The van der Waals surface area contributed by atoms with E-state index in [9.17, 15) is 19.2 Å². The number of aromatic nitrogens is 2. The van der Waals surface area contributed by atoms with Crippen molar-refractivity contribution in [2.24, 2.45) is 5.92 Å². The van der Waals surface area contributed by atoms with Gasteiger partial charge in [0.25, 0.3) is 11.8 Å². The molecule has 204 valence electrons. The standard InChI is InChI=1S/C27H28Cl2N6O4/c1-15(2)22(31-23(36)19-13-17(28)4-6-20(19)29)24(37)34-10-8-27(9-11-34)25(38)33(3)26(39)35(27)18-5-7-21-16(12-18)14-30-32-21/h4-7,12-15,22H,8-11H2,1-3H3,(H,30,32)(H,31,36)/t22-/m1/s1. The molecule has 2 saturated heterocycles. The fraction of sp³-hybridized carbons (Fsp3) is 0.370. The van der Waals surface area contributed by atoms with Crippen molar-refractivity contribution >= 4 is 63.5 Å². The summed E-state index contributed by atoms with van der Waals surface area (Å²) in [6, 6.07) is 8.78. The number of anilines is 1. The molecular formula is C27H28Cl2N6O4. The lowest BCUT2D eigenvalue weighted by molar-refractivity contribution is -0.139. The lowest BCUT2D eigenvalue weighted by Gasteiger charge is -2.43. The summed E-state index contributed by atoms with van der Waals surface area (Å²) in [5.41, 5.74) is 0.492. The van der Waals surface area contributed by atoms with E-state index < -0.39 is 23.5 Å². The van der Waals surface area contributed by atoms with Crippen molar-refractivity contribution in [1.29, 1.82) is 0 Å². The van der Waals surface area contributed by atoms with Gasteiger partial charge in [-0.05, 0) is 55.2 Å². The molecule has 2 aromatic carbocycles. The minimum atomic E-state index is -1.11. The molecule has 5 amide bonds. The van der Waals surface area contributed by atoms with Crippen LogP contribution in [0.25, 0.3) is 10.9 Å². The summed E-state index contributed by atoms with van der Waals surface area (Å²) in [6.45, 7) is 4.17. The van der Waals surface area contributed by atoms with Gasteiger partial charge < -0.3 is 10.2 Å². The van der Waals surface area contributed by atoms with Crippen LogP contribution >= 0.6 is 23.2 Å². The van der Waals surface area contributed by atoms with Gasteiger partial charge in [0.2, 0.25) is 5.91 Å². The third-order valence-electron chi connectivity index (χ3n) is 7.59. The Kier molecular flexibility index (Phi) is 7.02. The van der Waals surface area contributed by atoms with Crippen LogP contribution in [0.2, 0.25) is 10.0 Å². The molecule has 39 heavy (non-hydrogen) atoms. The number of hydrogen-bond donors (Lipinski definition) is 2. The highest BCUT2D eigenvalue weighted by atomic mass is 35.5. The molecule has 1 atom stereocenters. The van der Waals surface area contributed by atoms with Crippen LogP contribution in [-0.4, -0.2) is 75.5 Å². The number of hydrogen-bond acceptors (Lipinski definition) is 5. The normalized spacial score (nSPS) is 17.9. The maximum absolute atomic E-state index is 13.6. The second-order valence-corrected chi connectivity index (χ2v) is 11.1. The molecule has 12 heteroatoms. The number of halogens is 2. The molecule has 3 aromatic rings. The first-order chi connectivity index (χ1) is 18.5. The number of nitrogens with zero attached hydrogens (tertiary/aromatic N) is 4. The van der Waals surface area contributed by atoms with Gasteiger partial charge in [0.15, 0.2) is 0 Å². The Morgan fingerprint density at radius 1 is 1.08 bits per heavy atom. The number of nitrogens with one attached hydrogen (secondary N) is 2. The number of H-pyrrole nitrogens is 1. The quantitative estimate of drug-likeness (QED) is 0.448. The molecule has 5 rings (SSSR count). The van der Waals surface area contributed by atoms with Crippen LogP contribution < -0.4 is 10.2 Å². The molecule has 0 unspecified atom stereocenters. The maximum atomic E-state index is 13.6. The van der Waals surface area contributed by atoms with Crippen LogP contribution in [0.15, 0.2) is 42.6 Å². The zero-order valence-electron chi connectivity index (χ0n) is 21.7. The molecule has 1 spiro atoms. The summed E-state index contributed by atoms with van der Waals surface area (Å²) in [6.07, 6.45) is 2.18. The topological polar surface area (TPSA) is 119 Å². The molecular weight excluding hydrogens is 543 g/mol. The van der Waals surface area contributed by atoms with Crippen LogP contribution in [0.4, 0.5) is 10.5 Å². The van der Waals surface area contributed by atoms with Gasteiger partial charge in [0.05, 0.1) is 22.3 Å². The van der Waals surface area contributed by atoms with Crippen molar-refractivity contribution < 1.29 is 19.2 Å². The van der Waals surface area contributed by atoms with E-state index in [0.717, 1.165) is 15.8 Å². The second-order valence-electron chi connectivity index (χ2n) is 10.3. The number of fused-ring (bicyclic) bond motifs is 1. The highest BCUT2D eigenvalue weighted by molar-refractivity contribution is 6.35. The molecule has 0 saturated carbocycles. The Labute approximate surface area is 235 Å². The molecule has 0 radical (unpaired) electrons. The average Bonchev–Trinajstić information content (AvgIpc) is 3.45. The van der Waals surface area contributed by atoms with Gasteiger partial charge in [-0.3, -0.25) is 29.3 Å². The van der Waals surface area contributed by atoms with Crippen LogP contribution in [0.5, 0.6) is 0 Å². The lowest BCUT2D eigenvalue weighted by Crippen LogP contribution is -2.60. The number of rotatable bonds is 5. The van der Waals surface area contributed by atoms with E-state index in [1.165, 1.54) is 19.2 Å². The summed E-state index contributed by atoms with van der Waals surface area (Å²) in [7, 11) is 1.48. The summed E-state index contributed by atoms with van der Waals surface area (Å²) in [5, 5.41) is 11.1. The predicted octanol–water partition coefficient (Wildman–Crippen LogP) is 4.08. The highest BCUT2D eigenvalue weighted by Crippen LogP contribution is 2.41. The molecule has 2 aliphatic rings. The van der Waals surface area contributed by atoms with Gasteiger partial charge >= 0.3 is 6.03 Å². The van der Waals surface area contributed by atoms with Gasteiger partial charge in [-0.25, -0.2) is 4.79 Å². The number of likely N-dealkylation sites (tertiary alicyclic amines) is 1. The Bertz CT molecular complexity index is 1480. The van der Waals surface area contributed by atoms with E-state index in [0.29, 0.717) is 10.7 Å². The van der Waals surface area contributed by atoms with Crippen LogP contribution in [0, 0.1) is 5.92 Å². The first-order valence-electron chi connectivity index (χ1n) is 12.6. The van der Waals surface area contributed by atoms with Crippen molar-refractivity contribution in [2.45, 2.75) is 38.3 Å². The number of carbonyl (C=O) groups excluding carboxylic acids is 4. The van der Waals surface area contributed by atoms with Gasteiger partial charge in [-0.15, -0.1) is 0 Å². The van der Waals surface area contributed by atoms with E-state index in [-0.39, 0.29) is 54.2 Å². The maximum Gasteiger partial charge on any atom is 0.331 e. The van der Waals surface area contributed by atoms with E-state index in [1.54, 1.807) is 28.1 Å². The summed E-state index contributed by atoms with van der Waals surface area (Å²) < 4.78 is 0. The van der Waals surface area contributed by atoms with E-state index in [4.69, 9.17) is 23.2 Å². The highest BCUT2D eigenvalue weighted by Gasteiger charge is 2.58. The zero-order valence-corrected chi connectivity index (χ0v) is 23.2. The fourth-order valence-electron chi connectivity index (χ4n) is 5.39. The summed E-state index contributed by atoms with van der Waals surface area (Å²) in [5.74, 6) is -1.27. The fourth-order valence-corrected chi connectivity index (χ4v) is 5.77. The molecule has 3 heterocycles. The number of aromatic amines is 1. The molecule has 1 aromatic heterocycles. The smallest absolute Gasteiger partial charge is 0.331 e. The largest absolute Gasteiger partial charge is 0.341 e. The summed E-state index contributed by atoms with van der Waals surface area (Å²) >= 11 is 12.2. The molecule has 2 N–H and O–H groups in total. The van der Waals surface area contributed by atoms with Gasteiger partial charge in [0.1, 0.15) is 11.6 Å². The number of benzene rings is 2. The minimum absolute atomic E-state index is 0.184. The number of amides is 5. The SMILES string of the molecule is CC(C)[C@@H](NC(=O)c1cc(Cl)ccc1Cl)C(=O)N1CCC2(CC1)C(=O)N(C)C(=O)N2c1ccc2[nH]ncc2c1. The molecule has 0 aliphatic carbocycles. The zero-order chi connectivity index (χ0) is 28.1. The first kappa shape index (κ1) is 27.0. The van der Waals surface area contributed by atoms with Crippen LogP contribution in [0.3, 0.4) is 0 Å². The number of likely N-dealkylation sites (N-methyl/N-ethyl adjacent to an activating group) is 1. The molecule has 2 aliphatic heterocycles. The molecule has 0 bridgehead atoms.